The number of hydrogen-bond acceptors (Lipinski definition) is 4. The summed E-state index contributed by atoms with van der Waals surface area (Å²) in [5, 5.41) is 1.19. The fraction of sp³-hybridized carbons (Fsp3) is 0.0909. The molecule has 0 atom stereocenters. The van der Waals surface area contributed by atoms with Crippen LogP contribution in [0, 0.1) is 0 Å². The van der Waals surface area contributed by atoms with Crippen LogP contribution in [-0.4, -0.2) is 22.5 Å². The predicted octanol–water partition coefficient (Wildman–Crippen LogP) is 7.75. The van der Waals surface area contributed by atoms with E-state index in [0.717, 1.165) is 20.3 Å². The molecule has 1 aromatic heterocycles. The zero-order chi connectivity index (χ0) is 21.3. The van der Waals surface area contributed by atoms with Crippen molar-refractivity contribution in [2.75, 3.05) is 6.54 Å². The van der Waals surface area contributed by atoms with E-state index in [-0.39, 0.29) is 5.91 Å². The third-order valence-electron chi connectivity index (χ3n) is 4.36. The molecule has 0 bridgehead atoms. The van der Waals surface area contributed by atoms with Crippen molar-refractivity contribution >= 4 is 78.1 Å². The van der Waals surface area contributed by atoms with E-state index < -0.39 is 0 Å². The number of likely N-dealkylation sites (N-methyl/N-ethyl adjacent to an activating group) is 1. The standard InChI is InChI=1S/C22H15Br2ClN2O2S/c1-2-27-21(28)20(30-22(27)26-15-7-9-17(24)18(25)11-15)12-16-8-10-19(29-16)13-3-5-14(23)6-4-13/h3-12H,2H2,1H3/b20-12+,26-22?. The number of carbonyl (C=O) groups excluding carboxylic acids is 1. The lowest BCUT2D eigenvalue weighted by Gasteiger charge is -2.12. The van der Waals surface area contributed by atoms with Gasteiger partial charge in [0, 0.05) is 27.1 Å². The second-order valence-corrected chi connectivity index (χ2v) is 9.55. The van der Waals surface area contributed by atoms with Crippen LogP contribution in [0.25, 0.3) is 17.4 Å². The first-order chi connectivity index (χ1) is 14.4. The Morgan fingerprint density at radius 2 is 1.90 bits per heavy atom. The fourth-order valence-corrected chi connectivity index (χ4v) is 4.59. The third kappa shape index (κ3) is 4.59. The minimum Gasteiger partial charge on any atom is -0.457 e. The van der Waals surface area contributed by atoms with Gasteiger partial charge in [0.25, 0.3) is 5.91 Å². The van der Waals surface area contributed by atoms with Gasteiger partial charge in [-0.25, -0.2) is 4.99 Å². The van der Waals surface area contributed by atoms with Crippen LogP contribution in [0.4, 0.5) is 5.69 Å². The molecule has 1 aliphatic heterocycles. The number of benzene rings is 2. The van der Waals surface area contributed by atoms with Crippen molar-refractivity contribution in [2.24, 2.45) is 4.99 Å². The number of nitrogens with zero attached hydrogens (tertiary/aromatic N) is 2. The van der Waals surface area contributed by atoms with Crippen LogP contribution in [0.1, 0.15) is 12.7 Å². The van der Waals surface area contributed by atoms with Crippen LogP contribution in [0.5, 0.6) is 0 Å². The number of hydrogen-bond donors (Lipinski definition) is 0. The van der Waals surface area contributed by atoms with Crippen LogP contribution in [0.2, 0.25) is 5.02 Å². The summed E-state index contributed by atoms with van der Waals surface area (Å²) in [6.45, 7) is 2.44. The molecule has 0 unspecified atom stereocenters. The summed E-state index contributed by atoms with van der Waals surface area (Å²) >= 11 is 14.3. The second-order valence-electron chi connectivity index (χ2n) is 6.36. The summed E-state index contributed by atoms with van der Waals surface area (Å²) in [6, 6.07) is 17.1. The number of rotatable bonds is 4. The largest absolute Gasteiger partial charge is 0.457 e. The molecule has 8 heteroatoms. The monoisotopic (exact) mass is 564 g/mol. The number of thioether (sulfide) groups is 1. The Morgan fingerprint density at radius 3 is 2.60 bits per heavy atom. The highest BCUT2D eigenvalue weighted by atomic mass is 79.9. The average molecular weight is 567 g/mol. The number of halogens is 3. The maximum Gasteiger partial charge on any atom is 0.266 e. The summed E-state index contributed by atoms with van der Waals surface area (Å²) in [7, 11) is 0. The van der Waals surface area contributed by atoms with E-state index in [1.54, 1.807) is 17.0 Å². The van der Waals surface area contributed by atoms with Crippen LogP contribution >= 0.6 is 55.2 Å². The van der Waals surface area contributed by atoms with Gasteiger partial charge in [-0.3, -0.25) is 9.69 Å². The SMILES string of the molecule is CCN1C(=O)/C(=C\c2ccc(-c3ccc(Br)cc3)o2)SC1=Nc1ccc(Br)c(Cl)c1. The van der Waals surface area contributed by atoms with Gasteiger partial charge in [0.2, 0.25) is 0 Å². The second kappa shape index (κ2) is 9.14. The van der Waals surface area contributed by atoms with Gasteiger partial charge in [-0.05, 0) is 77.1 Å². The van der Waals surface area contributed by atoms with Crippen molar-refractivity contribution in [3.05, 3.63) is 79.2 Å². The Balaban J connectivity index is 1.61. The maximum atomic E-state index is 12.9. The van der Waals surface area contributed by atoms with Gasteiger partial charge in [0.05, 0.1) is 15.6 Å². The quantitative estimate of drug-likeness (QED) is 0.304. The van der Waals surface area contributed by atoms with Crippen molar-refractivity contribution in [3.63, 3.8) is 0 Å². The summed E-state index contributed by atoms with van der Waals surface area (Å²) in [5.41, 5.74) is 1.66. The van der Waals surface area contributed by atoms with E-state index in [9.17, 15) is 4.79 Å². The lowest BCUT2D eigenvalue weighted by Crippen LogP contribution is -2.28. The third-order valence-corrected chi connectivity index (χ3v) is 7.13. The molecule has 2 aromatic carbocycles. The molecule has 1 saturated heterocycles. The Labute approximate surface area is 200 Å². The van der Waals surface area contributed by atoms with Gasteiger partial charge in [-0.15, -0.1) is 0 Å². The molecule has 4 nitrogen and oxygen atoms in total. The fourth-order valence-electron chi connectivity index (χ4n) is 2.86. The molecule has 0 spiro atoms. The van der Waals surface area contributed by atoms with Crippen LogP contribution in [0.15, 0.2) is 77.9 Å². The summed E-state index contributed by atoms with van der Waals surface area (Å²) in [5.74, 6) is 1.27. The molecule has 0 radical (unpaired) electrons. The molecule has 4 rings (SSSR count). The predicted molar refractivity (Wildman–Crippen MR) is 131 cm³/mol. The number of aliphatic imine (C=N–C) groups is 1. The first kappa shape index (κ1) is 21.4. The number of carbonyl (C=O) groups is 1. The minimum absolute atomic E-state index is 0.0916. The lowest BCUT2D eigenvalue weighted by atomic mass is 10.2. The summed E-state index contributed by atoms with van der Waals surface area (Å²) in [6.07, 6.45) is 1.76. The minimum atomic E-state index is -0.0916. The van der Waals surface area contributed by atoms with Crippen LogP contribution < -0.4 is 0 Å². The van der Waals surface area contributed by atoms with E-state index in [2.05, 4.69) is 36.9 Å². The highest BCUT2D eigenvalue weighted by Crippen LogP contribution is 2.36. The Kier molecular flexibility index (Phi) is 6.53. The number of furan rings is 1. The molecule has 1 fully saturated rings. The van der Waals surface area contributed by atoms with Gasteiger partial charge in [0.1, 0.15) is 11.5 Å². The molecule has 152 valence electrons. The van der Waals surface area contributed by atoms with Gasteiger partial charge in [-0.1, -0.05) is 39.7 Å². The molecule has 1 amide bonds. The van der Waals surface area contributed by atoms with Crippen molar-refractivity contribution in [1.29, 1.82) is 0 Å². The average Bonchev–Trinajstić information content (AvgIpc) is 3.30. The Morgan fingerprint density at radius 1 is 1.13 bits per heavy atom. The van der Waals surface area contributed by atoms with Gasteiger partial charge in [0.15, 0.2) is 5.17 Å². The number of amides is 1. The topological polar surface area (TPSA) is 45.8 Å². The van der Waals surface area contributed by atoms with Crippen LogP contribution in [0.3, 0.4) is 0 Å². The van der Waals surface area contributed by atoms with Gasteiger partial charge in [-0.2, -0.15) is 0 Å². The van der Waals surface area contributed by atoms with E-state index in [4.69, 9.17) is 16.0 Å². The van der Waals surface area contributed by atoms with Crippen LogP contribution in [-0.2, 0) is 4.79 Å². The zero-order valence-electron chi connectivity index (χ0n) is 15.7. The molecule has 0 saturated carbocycles. The van der Waals surface area contributed by atoms with E-state index in [0.29, 0.717) is 33.1 Å². The number of amidine groups is 1. The highest BCUT2D eigenvalue weighted by molar-refractivity contribution is 9.10. The zero-order valence-corrected chi connectivity index (χ0v) is 20.5. The highest BCUT2D eigenvalue weighted by Gasteiger charge is 2.32. The Bertz CT molecular complexity index is 1170. The van der Waals surface area contributed by atoms with Gasteiger partial charge >= 0.3 is 0 Å². The molecule has 30 heavy (non-hydrogen) atoms. The van der Waals surface area contributed by atoms with Crippen molar-refractivity contribution < 1.29 is 9.21 Å². The molecular formula is C22H15Br2ClN2O2S. The van der Waals surface area contributed by atoms with E-state index in [1.165, 1.54) is 11.8 Å². The summed E-state index contributed by atoms with van der Waals surface area (Å²) < 4.78 is 7.74. The molecule has 0 aliphatic carbocycles. The van der Waals surface area contributed by atoms with Crippen molar-refractivity contribution in [2.45, 2.75) is 6.92 Å². The molecule has 2 heterocycles. The molecule has 0 N–H and O–H groups in total. The molecule has 3 aromatic rings. The Hall–Kier alpha value is -1.80. The smallest absolute Gasteiger partial charge is 0.266 e. The summed E-state index contributed by atoms with van der Waals surface area (Å²) in [4.78, 5) is 19.7. The molecular weight excluding hydrogens is 552 g/mol. The molecule has 1 aliphatic rings. The maximum absolute atomic E-state index is 12.9. The lowest BCUT2D eigenvalue weighted by molar-refractivity contribution is -0.122. The van der Waals surface area contributed by atoms with E-state index in [1.807, 2.05) is 55.5 Å². The van der Waals surface area contributed by atoms with E-state index >= 15 is 0 Å². The normalized spacial score (nSPS) is 16.8. The van der Waals surface area contributed by atoms with Gasteiger partial charge < -0.3 is 4.42 Å². The first-order valence-electron chi connectivity index (χ1n) is 9.05. The van der Waals surface area contributed by atoms with Crippen molar-refractivity contribution in [3.8, 4) is 11.3 Å². The van der Waals surface area contributed by atoms with Crippen molar-refractivity contribution in [1.82, 2.24) is 4.90 Å². The first-order valence-corrected chi connectivity index (χ1v) is 11.8.